The van der Waals surface area contributed by atoms with E-state index in [-0.39, 0.29) is 11.4 Å². The molecule has 0 fully saturated rings. The first kappa shape index (κ1) is 15.8. The third kappa shape index (κ3) is 3.35. The SMILES string of the molecule is C=C/C=C(\C=C/C)Nc1c(Nc2ccc(Cl)cc2)c(=O)c1=O. The number of halogens is 1. The van der Waals surface area contributed by atoms with Crippen LogP contribution in [0.25, 0.3) is 0 Å². The fourth-order valence-corrected chi connectivity index (χ4v) is 2.02. The predicted molar refractivity (Wildman–Crippen MR) is 92.8 cm³/mol. The van der Waals surface area contributed by atoms with Crippen molar-refractivity contribution in [3.05, 3.63) is 86.3 Å². The van der Waals surface area contributed by atoms with E-state index in [0.29, 0.717) is 16.4 Å². The zero-order valence-corrected chi connectivity index (χ0v) is 12.8. The first-order chi connectivity index (χ1) is 10.6. The molecule has 0 bridgehead atoms. The van der Waals surface area contributed by atoms with Crippen molar-refractivity contribution in [2.75, 3.05) is 10.6 Å². The van der Waals surface area contributed by atoms with E-state index < -0.39 is 10.9 Å². The van der Waals surface area contributed by atoms with E-state index in [4.69, 9.17) is 11.6 Å². The van der Waals surface area contributed by atoms with Gasteiger partial charge in [0, 0.05) is 16.4 Å². The summed E-state index contributed by atoms with van der Waals surface area (Å²) < 4.78 is 0. The Labute approximate surface area is 133 Å². The highest BCUT2D eigenvalue weighted by atomic mass is 35.5. The second-order valence-corrected chi connectivity index (χ2v) is 4.96. The average molecular weight is 315 g/mol. The number of hydrogen-bond acceptors (Lipinski definition) is 4. The Morgan fingerprint density at radius 3 is 2.36 bits per heavy atom. The molecule has 4 nitrogen and oxygen atoms in total. The molecule has 0 saturated heterocycles. The Hall–Kier alpha value is -2.59. The van der Waals surface area contributed by atoms with Crippen LogP contribution in [0.5, 0.6) is 0 Å². The summed E-state index contributed by atoms with van der Waals surface area (Å²) >= 11 is 5.82. The second kappa shape index (κ2) is 6.91. The smallest absolute Gasteiger partial charge is 0.253 e. The molecule has 2 N–H and O–H groups in total. The maximum absolute atomic E-state index is 11.8. The third-order valence-electron chi connectivity index (χ3n) is 2.94. The summed E-state index contributed by atoms with van der Waals surface area (Å²) in [4.78, 5) is 23.5. The van der Waals surface area contributed by atoms with Crippen LogP contribution in [0.3, 0.4) is 0 Å². The maximum Gasteiger partial charge on any atom is 0.253 e. The van der Waals surface area contributed by atoms with Gasteiger partial charge < -0.3 is 10.6 Å². The van der Waals surface area contributed by atoms with Gasteiger partial charge in [0.15, 0.2) is 0 Å². The molecule has 0 aliphatic rings. The molecular formula is C17H15ClN2O2. The van der Waals surface area contributed by atoms with Gasteiger partial charge in [0.1, 0.15) is 11.4 Å². The van der Waals surface area contributed by atoms with Crippen LogP contribution in [0.2, 0.25) is 5.02 Å². The number of nitrogens with one attached hydrogen (secondary N) is 2. The molecule has 0 aromatic heterocycles. The lowest BCUT2D eigenvalue weighted by molar-refractivity contribution is 1.33. The van der Waals surface area contributed by atoms with E-state index in [0.717, 1.165) is 0 Å². The van der Waals surface area contributed by atoms with Crippen molar-refractivity contribution in [3.8, 4) is 0 Å². The Kier molecular flexibility index (Phi) is 4.96. The average Bonchev–Trinajstić information content (AvgIpc) is 2.52. The van der Waals surface area contributed by atoms with Crippen molar-refractivity contribution >= 4 is 28.7 Å². The zero-order chi connectivity index (χ0) is 16.1. The monoisotopic (exact) mass is 314 g/mol. The number of benzene rings is 1. The van der Waals surface area contributed by atoms with Crippen molar-refractivity contribution in [2.24, 2.45) is 0 Å². The van der Waals surface area contributed by atoms with Crippen LogP contribution in [-0.4, -0.2) is 0 Å². The van der Waals surface area contributed by atoms with Gasteiger partial charge in [-0.15, -0.1) is 0 Å². The Morgan fingerprint density at radius 1 is 1.14 bits per heavy atom. The highest BCUT2D eigenvalue weighted by Gasteiger charge is 2.21. The lowest BCUT2D eigenvalue weighted by Gasteiger charge is -2.15. The largest absolute Gasteiger partial charge is 0.350 e. The first-order valence-corrected chi connectivity index (χ1v) is 7.03. The van der Waals surface area contributed by atoms with E-state index in [2.05, 4.69) is 17.2 Å². The molecule has 2 aromatic carbocycles. The van der Waals surface area contributed by atoms with Crippen LogP contribution >= 0.6 is 11.6 Å². The highest BCUT2D eigenvalue weighted by molar-refractivity contribution is 6.30. The lowest BCUT2D eigenvalue weighted by Crippen LogP contribution is -2.36. The van der Waals surface area contributed by atoms with Gasteiger partial charge in [0.05, 0.1) is 0 Å². The van der Waals surface area contributed by atoms with Crippen LogP contribution in [0.4, 0.5) is 17.1 Å². The third-order valence-corrected chi connectivity index (χ3v) is 3.19. The molecule has 0 saturated carbocycles. The van der Waals surface area contributed by atoms with Crippen molar-refractivity contribution in [1.82, 2.24) is 0 Å². The van der Waals surface area contributed by atoms with Crippen molar-refractivity contribution in [2.45, 2.75) is 6.92 Å². The predicted octanol–water partition coefficient (Wildman–Crippen LogP) is 3.74. The summed E-state index contributed by atoms with van der Waals surface area (Å²) in [6.45, 7) is 5.47. The molecule has 0 atom stereocenters. The normalized spacial score (nSPS) is 11.8. The van der Waals surface area contributed by atoms with E-state index in [9.17, 15) is 9.59 Å². The zero-order valence-electron chi connectivity index (χ0n) is 12.0. The van der Waals surface area contributed by atoms with Crippen LogP contribution in [-0.2, 0) is 0 Å². The van der Waals surface area contributed by atoms with E-state index in [1.54, 1.807) is 42.5 Å². The van der Waals surface area contributed by atoms with Gasteiger partial charge in [-0.05, 0) is 43.3 Å². The summed E-state index contributed by atoms with van der Waals surface area (Å²) in [5.41, 5.74) is 0.744. The topological polar surface area (TPSA) is 58.2 Å². The van der Waals surface area contributed by atoms with Gasteiger partial charge in [-0.2, -0.15) is 0 Å². The van der Waals surface area contributed by atoms with Crippen molar-refractivity contribution in [1.29, 1.82) is 0 Å². The number of hydrogen-bond donors (Lipinski definition) is 2. The van der Waals surface area contributed by atoms with Gasteiger partial charge in [0.25, 0.3) is 10.9 Å². The van der Waals surface area contributed by atoms with Gasteiger partial charge in [0.2, 0.25) is 0 Å². The molecule has 0 amide bonds. The maximum atomic E-state index is 11.8. The minimum atomic E-state index is -0.545. The summed E-state index contributed by atoms with van der Waals surface area (Å²) in [6, 6.07) is 6.86. The minimum absolute atomic E-state index is 0.242. The Bertz CT molecular complexity index is 810. The molecule has 0 aliphatic heterocycles. The van der Waals surface area contributed by atoms with Crippen molar-refractivity contribution < 1.29 is 0 Å². The molecule has 0 spiro atoms. The molecule has 0 heterocycles. The molecule has 112 valence electrons. The summed E-state index contributed by atoms with van der Waals surface area (Å²) in [5, 5.41) is 6.47. The van der Waals surface area contributed by atoms with Crippen LogP contribution in [0.15, 0.2) is 70.4 Å². The molecular weight excluding hydrogens is 300 g/mol. The fraction of sp³-hybridized carbons (Fsp3) is 0.0588. The molecule has 0 radical (unpaired) electrons. The Balaban J connectivity index is 2.27. The van der Waals surface area contributed by atoms with Crippen LogP contribution in [0.1, 0.15) is 6.92 Å². The quantitative estimate of drug-likeness (QED) is 0.630. The van der Waals surface area contributed by atoms with Crippen LogP contribution < -0.4 is 21.5 Å². The van der Waals surface area contributed by atoms with Gasteiger partial charge in [-0.3, -0.25) is 9.59 Å². The molecule has 22 heavy (non-hydrogen) atoms. The van der Waals surface area contributed by atoms with E-state index in [1.807, 2.05) is 13.0 Å². The number of rotatable bonds is 6. The lowest BCUT2D eigenvalue weighted by atomic mass is 10.1. The second-order valence-electron chi connectivity index (χ2n) is 4.52. The minimum Gasteiger partial charge on any atom is -0.350 e. The van der Waals surface area contributed by atoms with Gasteiger partial charge in [-0.25, -0.2) is 0 Å². The molecule has 2 rings (SSSR count). The van der Waals surface area contributed by atoms with Crippen molar-refractivity contribution in [3.63, 3.8) is 0 Å². The summed E-state index contributed by atoms with van der Waals surface area (Å²) in [7, 11) is 0. The fourth-order valence-electron chi connectivity index (χ4n) is 1.90. The Morgan fingerprint density at radius 2 is 1.77 bits per heavy atom. The molecule has 0 aliphatic carbocycles. The summed E-state index contributed by atoms with van der Waals surface area (Å²) in [6.07, 6.45) is 6.91. The standard InChI is InChI=1S/C17H15ClN2O2/c1-3-5-12(6-4-2)19-14-15(17(22)16(14)21)20-13-9-7-11(18)8-10-13/h3-10,19-20H,1H2,2H3/b6-4-,12-5+. The first-order valence-electron chi connectivity index (χ1n) is 6.65. The van der Waals surface area contributed by atoms with E-state index in [1.165, 1.54) is 0 Å². The summed E-state index contributed by atoms with van der Waals surface area (Å²) in [5.74, 6) is 0. The number of allylic oxidation sites excluding steroid dienone is 4. The van der Waals surface area contributed by atoms with Gasteiger partial charge >= 0.3 is 0 Å². The molecule has 2 aromatic rings. The molecule has 0 unspecified atom stereocenters. The van der Waals surface area contributed by atoms with E-state index >= 15 is 0 Å². The molecule has 5 heteroatoms. The van der Waals surface area contributed by atoms with Crippen LogP contribution in [0, 0.1) is 0 Å². The highest BCUT2D eigenvalue weighted by Crippen LogP contribution is 2.23. The van der Waals surface area contributed by atoms with Gasteiger partial charge in [-0.1, -0.05) is 30.3 Å². The number of anilines is 3.